The number of halogens is 3. The second kappa shape index (κ2) is 6.51. The van der Waals surface area contributed by atoms with Gasteiger partial charge in [0.25, 0.3) is 5.56 Å². The van der Waals surface area contributed by atoms with Crippen LogP contribution < -0.4 is 15.6 Å². The quantitative estimate of drug-likeness (QED) is 0.933. The number of aryl methyl sites for hydroxylation is 1. The highest BCUT2D eigenvalue weighted by Crippen LogP contribution is 2.29. The second-order valence-corrected chi connectivity index (χ2v) is 4.59. The topological polar surface area (TPSA) is 73.2 Å². The standard InChI is InChI=1S/C14H12F3N3O3/c1-9-6-13(22)20(8-18-9)7-12(21)19-10-4-2-3-5-11(10)23-14(15,16)17/h2-6,8H,7H2,1H3,(H,19,21). The number of anilines is 1. The molecule has 1 heterocycles. The van der Waals surface area contributed by atoms with Gasteiger partial charge >= 0.3 is 6.36 Å². The number of amides is 1. The van der Waals surface area contributed by atoms with Crippen molar-refractivity contribution in [3.63, 3.8) is 0 Å². The lowest BCUT2D eigenvalue weighted by Crippen LogP contribution is -2.28. The molecule has 23 heavy (non-hydrogen) atoms. The third-order valence-corrected chi connectivity index (χ3v) is 2.72. The Bertz CT molecular complexity index is 772. The molecule has 0 fully saturated rings. The van der Waals surface area contributed by atoms with E-state index in [0.29, 0.717) is 5.69 Å². The third-order valence-electron chi connectivity index (χ3n) is 2.72. The maximum absolute atomic E-state index is 12.3. The molecule has 1 aromatic heterocycles. The van der Waals surface area contributed by atoms with E-state index in [1.165, 1.54) is 30.6 Å². The lowest BCUT2D eigenvalue weighted by atomic mass is 10.3. The molecular formula is C14H12F3N3O3. The number of benzene rings is 1. The van der Waals surface area contributed by atoms with E-state index in [1.807, 2.05) is 0 Å². The predicted molar refractivity (Wildman–Crippen MR) is 75.0 cm³/mol. The van der Waals surface area contributed by atoms with Crippen molar-refractivity contribution in [1.82, 2.24) is 9.55 Å². The van der Waals surface area contributed by atoms with Crippen LogP contribution in [0.2, 0.25) is 0 Å². The first-order chi connectivity index (χ1) is 10.7. The van der Waals surface area contributed by atoms with Gasteiger partial charge in [0, 0.05) is 11.8 Å². The Hall–Kier alpha value is -2.84. The summed E-state index contributed by atoms with van der Waals surface area (Å²) >= 11 is 0. The van der Waals surface area contributed by atoms with Crippen LogP contribution in [0.1, 0.15) is 5.69 Å². The van der Waals surface area contributed by atoms with E-state index in [9.17, 15) is 22.8 Å². The molecule has 1 aromatic carbocycles. The Morgan fingerprint density at radius 1 is 1.35 bits per heavy atom. The number of para-hydroxylation sites is 2. The molecule has 0 saturated carbocycles. The molecule has 0 unspecified atom stereocenters. The molecule has 0 aliphatic rings. The molecule has 2 rings (SSSR count). The van der Waals surface area contributed by atoms with Crippen molar-refractivity contribution in [2.75, 3.05) is 5.32 Å². The van der Waals surface area contributed by atoms with Crippen molar-refractivity contribution in [2.24, 2.45) is 0 Å². The minimum Gasteiger partial charge on any atom is -0.404 e. The van der Waals surface area contributed by atoms with Crippen molar-refractivity contribution in [1.29, 1.82) is 0 Å². The minimum absolute atomic E-state index is 0.150. The summed E-state index contributed by atoms with van der Waals surface area (Å²) in [4.78, 5) is 27.4. The Morgan fingerprint density at radius 3 is 2.70 bits per heavy atom. The highest BCUT2D eigenvalue weighted by molar-refractivity contribution is 5.92. The van der Waals surface area contributed by atoms with E-state index in [2.05, 4.69) is 15.0 Å². The van der Waals surface area contributed by atoms with Crippen LogP contribution in [0.15, 0.2) is 41.5 Å². The number of carbonyl (C=O) groups is 1. The molecule has 6 nitrogen and oxygen atoms in total. The Balaban J connectivity index is 2.13. The van der Waals surface area contributed by atoms with Gasteiger partial charge in [-0.05, 0) is 19.1 Å². The number of rotatable bonds is 4. The van der Waals surface area contributed by atoms with Gasteiger partial charge in [-0.3, -0.25) is 14.2 Å². The van der Waals surface area contributed by atoms with Crippen LogP contribution in [0.25, 0.3) is 0 Å². The van der Waals surface area contributed by atoms with Crippen LogP contribution in [-0.2, 0) is 11.3 Å². The minimum atomic E-state index is -4.88. The maximum Gasteiger partial charge on any atom is 0.573 e. The van der Waals surface area contributed by atoms with E-state index in [4.69, 9.17) is 0 Å². The fraction of sp³-hybridized carbons (Fsp3) is 0.214. The molecule has 0 bridgehead atoms. The monoisotopic (exact) mass is 327 g/mol. The Morgan fingerprint density at radius 2 is 2.04 bits per heavy atom. The van der Waals surface area contributed by atoms with E-state index in [1.54, 1.807) is 6.92 Å². The average molecular weight is 327 g/mol. The third kappa shape index (κ3) is 4.83. The number of hydrogen-bond donors (Lipinski definition) is 1. The van der Waals surface area contributed by atoms with Gasteiger partial charge < -0.3 is 10.1 Å². The molecule has 0 spiro atoms. The zero-order chi connectivity index (χ0) is 17.0. The first-order valence-corrected chi connectivity index (χ1v) is 6.42. The number of ether oxygens (including phenoxy) is 1. The first-order valence-electron chi connectivity index (χ1n) is 6.42. The molecule has 0 aliphatic carbocycles. The smallest absolute Gasteiger partial charge is 0.404 e. The SMILES string of the molecule is Cc1cc(=O)n(CC(=O)Nc2ccccc2OC(F)(F)F)cn1. The van der Waals surface area contributed by atoms with E-state index >= 15 is 0 Å². The number of carbonyl (C=O) groups excluding carboxylic acids is 1. The van der Waals surface area contributed by atoms with Gasteiger partial charge in [0.05, 0.1) is 12.0 Å². The largest absolute Gasteiger partial charge is 0.573 e. The molecule has 1 N–H and O–H groups in total. The molecule has 2 aromatic rings. The van der Waals surface area contributed by atoms with Crippen LogP contribution in [0.3, 0.4) is 0 Å². The van der Waals surface area contributed by atoms with Crippen LogP contribution in [-0.4, -0.2) is 21.8 Å². The fourth-order valence-corrected chi connectivity index (χ4v) is 1.76. The van der Waals surface area contributed by atoms with E-state index in [-0.39, 0.29) is 12.2 Å². The highest BCUT2D eigenvalue weighted by atomic mass is 19.4. The van der Waals surface area contributed by atoms with Crippen LogP contribution in [0.5, 0.6) is 5.75 Å². The summed E-state index contributed by atoms with van der Waals surface area (Å²) in [5, 5.41) is 2.27. The second-order valence-electron chi connectivity index (χ2n) is 4.59. The van der Waals surface area contributed by atoms with Gasteiger partial charge in [-0.15, -0.1) is 13.2 Å². The number of aromatic nitrogens is 2. The number of nitrogens with one attached hydrogen (secondary N) is 1. The van der Waals surface area contributed by atoms with Gasteiger partial charge in [0.15, 0.2) is 5.75 Å². The molecule has 1 amide bonds. The van der Waals surface area contributed by atoms with Crippen molar-refractivity contribution in [2.45, 2.75) is 19.8 Å². The molecular weight excluding hydrogens is 315 g/mol. The van der Waals surface area contributed by atoms with Crippen molar-refractivity contribution in [3.8, 4) is 5.75 Å². The first kappa shape index (κ1) is 16.5. The van der Waals surface area contributed by atoms with Gasteiger partial charge in [0.2, 0.25) is 5.91 Å². The van der Waals surface area contributed by atoms with Gasteiger partial charge in [-0.1, -0.05) is 12.1 Å². The molecule has 0 aliphatic heterocycles. The lowest BCUT2D eigenvalue weighted by Gasteiger charge is -2.14. The number of alkyl halides is 3. The van der Waals surface area contributed by atoms with Gasteiger partial charge in [-0.25, -0.2) is 4.98 Å². The predicted octanol–water partition coefficient (Wildman–Crippen LogP) is 2.09. The maximum atomic E-state index is 12.3. The van der Waals surface area contributed by atoms with Crippen LogP contribution in [0.4, 0.5) is 18.9 Å². The van der Waals surface area contributed by atoms with Crippen LogP contribution in [0, 0.1) is 6.92 Å². The summed E-state index contributed by atoms with van der Waals surface area (Å²) in [5.41, 5.74) is -0.0917. The van der Waals surface area contributed by atoms with Crippen molar-refractivity contribution in [3.05, 3.63) is 52.7 Å². The summed E-state index contributed by atoms with van der Waals surface area (Å²) in [5.74, 6) is -1.22. The number of hydrogen-bond acceptors (Lipinski definition) is 4. The summed E-state index contributed by atoms with van der Waals surface area (Å²) in [6.07, 6.45) is -3.69. The van der Waals surface area contributed by atoms with Gasteiger partial charge in [-0.2, -0.15) is 0 Å². The van der Waals surface area contributed by atoms with Crippen LogP contribution >= 0.6 is 0 Å². The average Bonchev–Trinajstić information content (AvgIpc) is 2.42. The summed E-state index contributed by atoms with van der Waals surface area (Å²) in [6, 6.07) is 6.36. The van der Waals surface area contributed by atoms with Crippen molar-refractivity contribution >= 4 is 11.6 Å². The molecule has 0 atom stereocenters. The fourth-order valence-electron chi connectivity index (χ4n) is 1.76. The van der Waals surface area contributed by atoms with E-state index < -0.39 is 23.6 Å². The summed E-state index contributed by atoms with van der Waals surface area (Å²) in [7, 11) is 0. The Kier molecular flexibility index (Phi) is 4.68. The van der Waals surface area contributed by atoms with E-state index in [0.717, 1.165) is 10.6 Å². The normalized spacial score (nSPS) is 11.1. The molecule has 122 valence electrons. The molecule has 9 heteroatoms. The zero-order valence-electron chi connectivity index (χ0n) is 11.9. The molecule has 0 radical (unpaired) electrons. The van der Waals surface area contributed by atoms with Gasteiger partial charge in [0.1, 0.15) is 6.54 Å². The molecule has 0 saturated heterocycles. The lowest BCUT2D eigenvalue weighted by molar-refractivity contribution is -0.274. The Labute approximate surface area is 128 Å². The summed E-state index contributed by atoms with van der Waals surface area (Å²) < 4.78 is 41.8. The highest BCUT2D eigenvalue weighted by Gasteiger charge is 2.32. The summed E-state index contributed by atoms with van der Waals surface area (Å²) in [6.45, 7) is 1.24. The van der Waals surface area contributed by atoms with Crippen molar-refractivity contribution < 1.29 is 22.7 Å². The zero-order valence-corrected chi connectivity index (χ0v) is 11.9. The number of nitrogens with zero attached hydrogens (tertiary/aromatic N) is 2.